The quantitative estimate of drug-likeness (QED) is 0.780. The number of rotatable bonds is 2. The highest BCUT2D eigenvalue weighted by Gasteiger charge is 2.23. The van der Waals surface area contributed by atoms with E-state index >= 15 is 0 Å². The summed E-state index contributed by atoms with van der Waals surface area (Å²) < 4.78 is 0. The van der Waals surface area contributed by atoms with Gasteiger partial charge < -0.3 is 10.2 Å². The molecule has 0 atom stereocenters. The van der Waals surface area contributed by atoms with E-state index in [1.54, 1.807) is 0 Å². The largest absolute Gasteiger partial charge is 0.335 e. The first-order valence-electron chi connectivity index (χ1n) is 8.19. The van der Waals surface area contributed by atoms with E-state index in [4.69, 9.17) is 4.98 Å². The van der Waals surface area contributed by atoms with Crippen molar-refractivity contribution in [1.82, 2.24) is 15.2 Å². The van der Waals surface area contributed by atoms with E-state index in [0.29, 0.717) is 0 Å². The van der Waals surface area contributed by atoms with Gasteiger partial charge in [0, 0.05) is 31.7 Å². The number of nitrogens with zero attached hydrogens (tertiary/aromatic N) is 2. The summed E-state index contributed by atoms with van der Waals surface area (Å²) in [6.45, 7) is 5.18. The summed E-state index contributed by atoms with van der Waals surface area (Å²) in [7, 11) is 0. The Bertz CT molecular complexity index is 891. The van der Waals surface area contributed by atoms with Gasteiger partial charge in [0.1, 0.15) is 9.88 Å². The molecule has 1 amide bonds. The zero-order valence-corrected chi connectivity index (χ0v) is 14.4. The molecule has 1 saturated heterocycles. The second-order valence-electron chi connectivity index (χ2n) is 6.00. The maximum absolute atomic E-state index is 12.8. The fourth-order valence-corrected chi connectivity index (χ4v) is 4.21. The van der Waals surface area contributed by atoms with Crippen LogP contribution in [0.25, 0.3) is 21.3 Å². The molecular formula is C19H19N3OS. The third-order valence-electron chi connectivity index (χ3n) is 4.42. The van der Waals surface area contributed by atoms with Crippen LogP contribution in [-0.2, 0) is 0 Å². The number of benzene rings is 2. The van der Waals surface area contributed by atoms with Crippen molar-refractivity contribution >= 4 is 28.0 Å². The molecule has 1 aliphatic heterocycles. The number of thiazole rings is 1. The minimum Gasteiger partial charge on any atom is -0.335 e. The van der Waals surface area contributed by atoms with Gasteiger partial charge in [-0.3, -0.25) is 4.79 Å². The lowest BCUT2D eigenvalue weighted by atomic mass is 10.1. The van der Waals surface area contributed by atoms with E-state index in [-0.39, 0.29) is 5.91 Å². The normalized spacial score (nSPS) is 15.0. The molecule has 3 aromatic rings. The van der Waals surface area contributed by atoms with Crippen molar-refractivity contribution < 1.29 is 4.79 Å². The molecule has 122 valence electrons. The monoisotopic (exact) mass is 337 g/mol. The molecule has 0 radical (unpaired) electrons. The van der Waals surface area contributed by atoms with Crippen LogP contribution in [-0.4, -0.2) is 42.0 Å². The molecule has 0 aliphatic carbocycles. The van der Waals surface area contributed by atoms with Crippen LogP contribution in [0.15, 0.2) is 42.5 Å². The molecule has 5 heteroatoms. The summed E-state index contributed by atoms with van der Waals surface area (Å²) in [6.07, 6.45) is 0. The predicted molar refractivity (Wildman–Crippen MR) is 98.6 cm³/mol. The molecule has 2 aromatic carbocycles. The van der Waals surface area contributed by atoms with Gasteiger partial charge in [0.05, 0.1) is 5.69 Å². The van der Waals surface area contributed by atoms with Gasteiger partial charge in [0.2, 0.25) is 0 Å². The topological polar surface area (TPSA) is 45.2 Å². The first kappa shape index (κ1) is 15.3. The molecule has 0 unspecified atom stereocenters. The van der Waals surface area contributed by atoms with Gasteiger partial charge in [0.15, 0.2) is 0 Å². The standard InChI is InChI=1S/C19H19N3OS/c1-13-17(19(23)22-11-9-20-10-12-22)24-18(21-13)16-8-4-6-14-5-2-3-7-15(14)16/h2-8,20H,9-12H2,1H3. The number of fused-ring (bicyclic) bond motifs is 1. The Kier molecular flexibility index (Phi) is 4.04. The Morgan fingerprint density at radius 2 is 1.88 bits per heavy atom. The zero-order chi connectivity index (χ0) is 16.5. The van der Waals surface area contributed by atoms with Crippen molar-refractivity contribution in [1.29, 1.82) is 0 Å². The van der Waals surface area contributed by atoms with Gasteiger partial charge in [0.25, 0.3) is 5.91 Å². The first-order chi connectivity index (χ1) is 11.7. The van der Waals surface area contributed by atoms with Gasteiger partial charge in [-0.15, -0.1) is 11.3 Å². The maximum atomic E-state index is 12.8. The van der Waals surface area contributed by atoms with Crippen molar-refractivity contribution in [2.45, 2.75) is 6.92 Å². The Hall–Kier alpha value is -2.24. The van der Waals surface area contributed by atoms with Crippen molar-refractivity contribution in [2.75, 3.05) is 26.2 Å². The lowest BCUT2D eigenvalue weighted by Gasteiger charge is -2.27. The fourth-order valence-electron chi connectivity index (χ4n) is 3.13. The molecule has 4 nitrogen and oxygen atoms in total. The molecule has 0 bridgehead atoms. The summed E-state index contributed by atoms with van der Waals surface area (Å²) in [5.41, 5.74) is 1.92. The number of carbonyl (C=O) groups excluding carboxylic acids is 1. The SMILES string of the molecule is Cc1nc(-c2cccc3ccccc23)sc1C(=O)N1CCNCC1. The smallest absolute Gasteiger partial charge is 0.265 e. The van der Waals surface area contributed by atoms with E-state index in [0.717, 1.165) is 47.3 Å². The Balaban J connectivity index is 1.74. The lowest BCUT2D eigenvalue weighted by Crippen LogP contribution is -2.46. The molecule has 0 spiro atoms. The molecule has 1 aliphatic rings. The fraction of sp³-hybridized carbons (Fsp3) is 0.263. The van der Waals surface area contributed by atoms with Gasteiger partial charge in [-0.05, 0) is 17.7 Å². The average Bonchev–Trinajstić information content (AvgIpc) is 3.03. The van der Waals surface area contributed by atoms with Crippen molar-refractivity contribution in [3.8, 4) is 10.6 Å². The Morgan fingerprint density at radius 3 is 2.71 bits per heavy atom. The van der Waals surface area contributed by atoms with Crippen molar-refractivity contribution in [3.05, 3.63) is 53.0 Å². The van der Waals surface area contributed by atoms with E-state index in [2.05, 4.69) is 29.6 Å². The zero-order valence-electron chi connectivity index (χ0n) is 13.6. The van der Waals surface area contributed by atoms with Crippen LogP contribution in [0.1, 0.15) is 15.4 Å². The minimum absolute atomic E-state index is 0.109. The second kappa shape index (κ2) is 6.34. The van der Waals surface area contributed by atoms with E-state index in [9.17, 15) is 4.79 Å². The average molecular weight is 337 g/mol. The molecule has 2 heterocycles. The van der Waals surface area contributed by atoms with Crippen LogP contribution in [0.5, 0.6) is 0 Å². The molecule has 1 fully saturated rings. The number of piperazine rings is 1. The van der Waals surface area contributed by atoms with E-state index in [1.807, 2.05) is 30.0 Å². The van der Waals surface area contributed by atoms with E-state index < -0.39 is 0 Å². The Morgan fingerprint density at radius 1 is 1.12 bits per heavy atom. The van der Waals surface area contributed by atoms with Crippen LogP contribution in [0.2, 0.25) is 0 Å². The van der Waals surface area contributed by atoms with Crippen LogP contribution in [0, 0.1) is 6.92 Å². The first-order valence-corrected chi connectivity index (χ1v) is 9.01. The van der Waals surface area contributed by atoms with Gasteiger partial charge >= 0.3 is 0 Å². The van der Waals surface area contributed by atoms with Crippen LogP contribution in [0.4, 0.5) is 0 Å². The van der Waals surface area contributed by atoms with Crippen LogP contribution in [0.3, 0.4) is 0 Å². The Labute approximate surface area is 145 Å². The number of carbonyl (C=O) groups is 1. The number of hydrogen-bond donors (Lipinski definition) is 1. The van der Waals surface area contributed by atoms with Crippen molar-refractivity contribution in [3.63, 3.8) is 0 Å². The number of nitrogens with one attached hydrogen (secondary N) is 1. The molecule has 4 rings (SSSR count). The second-order valence-corrected chi connectivity index (χ2v) is 7.00. The third-order valence-corrected chi connectivity index (χ3v) is 5.59. The predicted octanol–water partition coefficient (Wildman–Crippen LogP) is 3.32. The summed E-state index contributed by atoms with van der Waals surface area (Å²) >= 11 is 1.51. The van der Waals surface area contributed by atoms with Gasteiger partial charge in [-0.25, -0.2) is 4.98 Å². The maximum Gasteiger partial charge on any atom is 0.265 e. The van der Waals surface area contributed by atoms with Crippen LogP contribution >= 0.6 is 11.3 Å². The minimum atomic E-state index is 0.109. The number of amides is 1. The lowest BCUT2D eigenvalue weighted by molar-refractivity contribution is 0.0739. The van der Waals surface area contributed by atoms with Crippen LogP contribution < -0.4 is 5.32 Å². The van der Waals surface area contributed by atoms with E-state index in [1.165, 1.54) is 22.1 Å². The summed E-state index contributed by atoms with van der Waals surface area (Å²) in [6, 6.07) is 14.5. The highest BCUT2D eigenvalue weighted by molar-refractivity contribution is 7.17. The van der Waals surface area contributed by atoms with Gasteiger partial charge in [-0.2, -0.15) is 0 Å². The molecule has 24 heavy (non-hydrogen) atoms. The molecule has 1 N–H and O–H groups in total. The van der Waals surface area contributed by atoms with Crippen molar-refractivity contribution in [2.24, 2.45) is 0 Å². The number of aromatic nitrogens is 1. The summed E-state index contributed by atoms with van der Waals surface area (Å²) in [5.74, 6) is 0.109. The third kappa shape index (κ3) is 2.70. The molecule has 1 aromatic heterocycles. The summed E-state index contributed by atoms with van der Waals surface area (Å²) in [5, 5.41) is 6.57. The highest BCUT2D eigenvalue weighted by atomic mass is 32.1. The molecule has 0 saturated carbocycles. The van der Waals surface area contributed by atoms with Gasteiger partial charge in [-0.1, -0.05) is 42.5 Å². The number of aryl methyl sites for hydroxylation is 1. The number of hydrogen-bond acceptors (Lipinski definition) is 4. The molecular weight excluding hydrogens is 318 g/mol. The highest BCUT2D eigenvalue weighted by Crippen LogP contribution is 2.33. The summed E-state index contributed by atoms with van der Waals surface area (Å²) in [4.78, 5) is 20.2.